The van der Waals surface area contributed by atoms with Gasteiger partial charge in [-0.25, -0.2) is 0 Å². The lowest BCUT2D eigenvalue weighted by molar-refractivity contribution is 0.538. The third kappa shape index (κ3) is 3.38. The summed E-state index contributed by atoms with van der Waals surface area (Å²) in [7, 11) is 5.78. The molecule has 0 radical (unpaired) electrons. The summed E-state index contributed by atoms with van der Waals surface area (Å²) in [5.41, 5.74) is 2.31. The second kappa shape index (κ2) is 6.22. The molecule has 0 unspecified atom stereocenters. The average Bonchev–Trinajstić information content (AvgIpc) is 2.30. The van der Waals surface area contributed by atoms with E-state index in [-0.39, 0.29) is 6.17 Å². The highest BCUT2D eigenvalue weighted by atomic mass is 15.1. The van der Waals surface area contributed by atoms with Gasteiger partial charge in [-0.15, -0.1) is 0 Å². The first-order chi connectivity index (χ1) is 7.31. The molecule has 0 aromatic heterocycles. The maximum atomic E-state index is 3.19. The molecule has 0 saturated heterocycles. The van der Waals surface area contributed by atoms with E-state index in [0.29, 0.717) is 0 Å². The lowest BCUT2D eigenvalue weighted by Crippen LogP contribution is -2.42. The van der Waals surface area contributed by atoms with Crippen molar-refractivity contribution >= 4 is 6.08 Å². The van der Waals surface area contributed by atoms with Gasteiger partial charge in [-0.2, -0.15) is 0 Å². The van der Waals surface area contributed by atoms with Crippen LogP contribution in [0.3, 0.4) is 0 Å². The van der Waals surface area contributed by atoms with Crippen LogP contribution in [0, 0.1) is 0 Å². The normalized spacial score (nSPS) is 11.9. The van der Waals surface area contributed by atoms with Crippen molar-refractivity contribution in [2.45, 2.75) is 6.17 Å². The zero-order valence-corrected chi connectivity index (χ0v) is 9.54. The van der Waals surface area contributed by atoms with E-state index >= 15 is 0 Å². The summed E-state index contributed by atoms with van der Waals surface area (Å²) in [5, 5.41) is 9.55. The van der Waals surface area contributed by atoms with Gasteiger partial charge in [-0.05, 0) is 25.7 Å². The molecule has 82 valence electrons. The minimum Gasteiger partial charge on any atom is -0.389 e. The highest BCUT2D eigenvalue weighted by molar-refractivity contribution is 5.53. The highest BCUT2D eigenvalue weighted by Gasteiger charge is 2.06. The van der Waals surface area contributed by atoms with Crippen LogP contribution in [0.25, 0.3) is 6.08 Å². The molecule has 1 rings (SSSR count). The van der Waals surface area contributed by atoms with Gasteiger partial charge in [0.05, 0.1) is 6.17 Å². The smallest absolute Gasteiger partial charge is 0.0979 e. The standard InChI is InChI=1S/C12H19N3/c1-13-11(12(14-2)15-3)9-10-7-5-4-6-8-10/h4-9,12-15H,1-3H3. The largest absolute Gasteiger partial charge is 0.389 e. The van der Waals surface area contributed by atoms with Crippen LogP contribution in [-0.2, 0) is 0 Å². The van der Waals surface area contributed by atoms with Crippen molar-refractivity contribution in [3.8, 4) is 0 Å². The van der Waals surface area contributed by atoms with Crippen LogP contribution >= 0.6 is 0 Å². The molecule has 0 aliphatic rings. The van der Waals surface area contributed by atoms with E-state index in [1.807, 2.05) is 39.3 Å². The second-order valence-corrected chi connectivity index (χ2v) is 3.27. The Hall–Kier alpha value is -1.32. The minimum atomic E-state index is 0.148. The lowest BCUT2D eigenvalue weighted by Gasteiger charge is -2.19. The third-order valence-corrected chi connectivity index (χ3v) is 2.30. The molecular formula is C12H19N3. The van der Waals surface area contributed by atoms with Gasteiger partial charge in [0.2, 0.25) is 0 Å². The zero-order chi connectivity index (χ0) is 11.1. The molecule has 0 fully saturated rings. The fourth-order valence-corrected chi connectivity index (χ4v) is 1.48. The van der Waals surface area contributed by atoms with Gasteiger partial charge in [0.1, 0.15) is 0 Å². The van der Waals surface area contributed by atoms with Gasteiger partial charge in [-0.3, -0.25) is 0 Å². The van der Waals surface area contributed by atoms with Gasteiger partial charge in [0, 0.05) is 12.7 Å². The molecule has 0 bridgehead atoms. The summed E-state index contributed by atoms with van der Waals surface area (Å²) in [6, 6.07) is 10.3. The summed E-state index contributed by atoms with van der Waals surface area (Å²) in [5.74, 6) is 0. The predicted molar refractivity (Wildman–Crippen MR) is 65.4 cm³/mol. The van der Waals surface area contributed by atoms with E-state index in [1.54, 1.807) is 0 Å². The van der Waals surface area contributed by atoms with Crippen LogP contribution in [0.2, 0.25) is 0 Å². The van der Waals surface area contributed by atoms with Crippen molar-refractivity contribution < 1.29 is 0 Å². The Bertz CT molecular complexity index is 302. The Morgan fingerprint density at radius 3 is 2.13 bits per heavy atom. The van der Waals surface area contributed by atoms with Gasteiger partial charge < -0.3 is 16.0 Å². The Labute approximate surface area is 91.6 Å². The monoisotopic (exact) mass is 205 g/mol. The van der Waals surface area contributed by atoms with E-state index in [4.69, 9.17) is 0 Å². The molecule has 0 spiro atoms. The van der Waals surface area contributed by atoms with E-state index in [2.05, 4.69) is 34.2 Å². The van der Waals surface area contributed by atoms with E-state index in [9.17, 15) is 0 Å². The molecule has 1 aromatic rings. The van der Waals surface area contributed by atoms with Crippen molar-refractivity contribution in [3.63, 3.8) is 0 Å². The van der Waals surface area contributed by atoms with Gasteiger partial charge in [-0.1, -0.05) is 30.3 Å². The van der Waals surface area contributed by atoms with E-state index < -0.39 is 0 Å². The van der Waals surface area contributed by atoms with Crippen molar-refractivity contribution in [1.29, 1.82) is 0 Å². The number of likely N-dealkylation sites (N-methyl/N-ethyl adjacent to an activating group) is 3. The quantitative estimate of drug-likeness (QED) is 0.628. The Morgan fingerprint density at radius 1 is 1.07 bits per heavy atom. The minimum absolute atomic E-state index is 0.148. The molecule has 0 heterocycles. The summed E-state index contributed by atoms with van der Waals surface area (Å²) >= 11 is 0. The molecule has 3 heteroatoms. The fraction of sp³-hybridized carbons (Fsp3) is 0.333. The number of hydrogen-bond donors (Lipinski definition) is 3. The number of nitrogens with one attached hydrogen (secondary N) is 3. The van der Waals surface area contributed by atoms with Crippen molar-refractivity contribution in [2.75, 3.05) is 21.1 Å². The second-order valence-electron chi connectivity index (χ2n) is 3.27. The molecule has 15 heavy (non-hydrogen) atoms. The highest BCUT2D eigenvalue weighted by Crippen LogP contribution is 2.05. The first-order valence-corrected chi connectivity index (χ1v) is 5.10. The molecule has 1 aromatic carbocycles. The Balaban J connectivity index is 2.86. The van der Waals surface area contributed by atoms with Gasteiger partial charge in [0.25, 0.3) is 0 Å². The number of rotatable bonds is 5. The lowest BCUT2D eigenvalue weighted by atomic mass is 10.1. The Morgan fingerprint density at radius 2 is 1.67 bits per heavy atom. The molecule has 0 atom stereocenters. The number of hydrogen-bond acceptors (Lipinski definition) is 3. The molecule has 0 saturated carbocycles. The average molecular weight is 205 g/mol. The van der Waals surface area contributed by atoms with Gasteiger partial charge >= 0.3 is 0 Å². The van der Waals surface area contributed by atoms with Crippen molar-refractivity contribution in [3.05, 3.63) is 41.6 Å². The third-order valence-electron chi connectivity index (χ3n) is 2.30. The van der Waals surface area contributed by atoms with Crippen LogP contribution in [0.4, 0.5) is 0 Å². The van der Waals surface area contributed by atoms with E-state index in [0.717, 1.165) is 5.70 Å². The molecular weight excluding hydrogens is 186 g/mol. The summed E-state index contributed by atoms with van der Waals surface area (Å²) in [6.45, 7) is 0. The topological polar surface area (TPSA) is 36.1 Å². The predicted octanol–water partition coefficient (Wildman–Crippen LogP) is 1.01. The van der Waals surface area contributed by atoms with E-state index in [1.165, 1.54) is 5.56 Å². The van der Waals surface area contributed by atoms with Crippen LogP contribution in [0.5, 0.6) is 0 Å². The molecule has 0 aliphatic heterocycles. The Kier molecular flexibility index (Phi) is 4.87. The maximum Gasteiger partial charge on any atom is 0.0979 e. The summed E-state index contributed by atoms with van der Waals surface area (Å²) in [6.07, 6.45) is 2.27. The fourth-order valence-electron chi connectivity index (χ4n) is 1.48. The molecule has 0 amide bonds. The first-order valence-electron chi connectivity index (χ1n) is 5.10. The van der Waals surface area contributed by atoms with Crippen LogP contribution < -0.4 is 16.0 Å². The van der Waals surface area contributed by atoms with Crippen LogP contribution in [0.15, 0.2) is 36.0 Å². The number of benzene rings is 1. The summed E-state index contributed by atoms with van der Waals surface area (Å²) in [4.78, 5) is 0. The zero-order valence-electron chi connectivity index (χ0n) is 9.54. The van der Waals surface area contributed by atoms with Crippen LogP contribution in [-0.4, -0.2) is 27.3 Å². The molecule has 3 nitrogen and oxygen atoms in total. The maximum absolute atomic E-state index is 3.19. The van der Waals surface area contributed by atoms with Gasteiger partial charge in [0.15, 0.2) is 0 Å². The van der Waals surface area contributed by atoms with Crippen LogP contribution in [0.1, 0.15) is 5.56 Å². The molecule has 3 N–H and O–H groups in total. The van der Waals surface area contributed by atoms with Crippen molar-refractivity contribution in [2.24, 2.45) is 0 Å². The van der Waals surface area contributed by atoms with Crippen molar-refractivity contribution in [1.82, 2.24) is 16.0 Å². The first kappa shape index (κ1) is 11.8. The molecule has 0 aliphatic carbocycles. The SMILES string of the molecule is CNC(=Cc1ccccc1)C(NC)NC. The summed E-state index contributed by atoms with van der Waals surface area (Å²) < 4.78 is 0.